The van der Waals surface area contributed by atoms with Gasteiger partial charge in [-0.15, -0.1) is 31.7 Å². The summed E-state index contributed by atoms with van der Waals surface area (Å²) in [6, 6.07) is 0. The molecule has 2 aliphatic rings. The Morgan fingerprint density at radius 2 is 1.47 bits per heavy atom. The SMILES string of the molecule is C1CCNC1.CC1=[C-]C(C)C(C)=C1C.Cl.Cl.[CH2-]C.[Ti+2]. The molecule has 4 heteroatoms. The third-order valence-electron chi connectivity index (χ3n) is 3.19. The van der Waals surface area contributed by atoms with Crippen LogP contribution in [-0.2, 0) is 21.7 Å². The summed E-state index contributed by atoms with van der Waals surface area (Å²) < 4.78 is 0. The third kappa shape index (κ3) is 11.1. The van der Waals surface area contributed by atoms with E-state index in [1.165, 1.54) is 42.7 Å². The van der Waals surface area contributed by atoms with Crippen molar-refractivity contribution in [3.63, 3.8) is 0 Å². The van der Waals surface area contributed by atoms with Gasteiger partial charge < -0.3 is 12.2 Å². The van der Waals surface area contributed by atoms with E-state index in [1.807, 2.05) is 0 Å². The molecule has 0 spiro atoms. The smallest absolute Gasteiger partial charge is 0.346 e. The number of halogens is 2. The van der Waals surface area contributed by atoms with Gasteiger partial charge in [-0.2, -0.15) is 18.1 Å². The first-order valence-corrected chi connectivity index (χ1v) is 6.32. The summed E-state index contributed by atoms with van der Waals surface area (Å²) in [5.41, 5.74) is 4.25. The number of rotatable bonds is 0. The van der Waals surface area contributed by atoms with Crippen molar-refractivity contribution < 1.29 is 21.7 Å². The summed E-state index contributed by atoms with van der Waals surface area (Å²) in [5, 5.41) is 3.22. The number of hydrogen-bond donors (Lipinski definition) is 1. The van der Waals surface area contributed by atoms with Crippen molar-refractivity contribution in [3.8, 4) is 0 Å². The molecule has 1 heterocycles. The molecule has 0 aromatic carbocycles. The minimum absolute atomic E-state index is 0. The quantitative estimate of drug-likeness (QED) is 0.494. The Balaban J connectivity index is -0.0000000987. The van der Waals surface area contributed by atoms with Crippen LogP contribution in [0.5, 0.6) is 0 Å². The average molecular weight is 342 g/mol. The van der Waals surface area contributed by atoms with E-state index in [-0.39, 0.29) is 46.5 Å². The molecule has 2 rings (SSSR count). The molecule has 1 saturated heterocycles. The third-order valence-corrected chi connectivity index (χ3v) is 3.19. The molecule has 19 heavy (non-hydrogen) atoms. The number of hydrogen-bond acceptors (Lipinski definition) is 1. The standard InChI is InChI=1S/C9H13.C4H9N.C2H5.2ClH.Ti/c1-6-5-7(2)9(4)8(6)3;1-2-4-5-3-1;1-2;;;/h6H,1-4H3;5H,1-4H2;1H2,2H3;2*1H;/q-1;;-1;;;+2. The van der Waals surface area contributed by atoms with Crippen LogP contribution in [0, 0.1) is 18.9 Å². The molecule has 0 aromatic heterocycles. The minimum Gasteiger partial charge on any atom is -0.346 e. The molecule has 1 fully saturated rings. The predicted molar refractivity (Wildman–Crippen MR) is 87.6 cm³/mol. The number of nitrogens with one attached hydrogen (secondary N) is 1. The molecule has 0 aromatic rings. The van der Waals surface area contributed by atoms with Crippen LogP contribution in [0.3, 0.4) is 0 Å². The van der Waals surface area contributed by atoms with E-state index in [0.29, 0.717) is 5.92 Å². The van der Waals surface area contributed by atoms with Gasteiger partial charge >= 0.3 is 21.7 Å². The molecular weight excluding hydrogens is 313 g/mol. The van der Waals surface area contributed by atoms with Gasteiger partial charge in [0.15, 0.2) is 0 Å². The molecule has 1 nitrogen and oxygen atoms in total. The van der Waals surface area contributed by atoms with Crippen molar-refractivity contribution in [1.29, 1.82) is 0 Å². The van der Waals surface area contributed by atoms with Crippen LogP contribution in [0.15, 0.2) is 16.7 Å². The Morgan fingerprint density at radius 1 is 1.05 bits per heavy atom. The zero-order valence-electron chi connectivity index (χ0n) is 12.9. The largest absolute Gasteiger partial charge is 2.00 e. The topological polar surface area (TPSA) is 12.0 Å². The van der Waals surface area contributed by atoms with Crippen LogP contribution in [0.25, 0.3) is 0 Å². The normalized spacial score (nSPS) is 19.5. The van der Waals surface area contributed by atoms with E-state index in [9.17, 15) is 0 Å². The minimum atomic E-state index is 0. The van der Waals surface area contributed by atoms with Gasteiger partial charge in [0.25, 0.3) is 0 Å². The van der Waals surface area contributed by atoms with Crippen molar-refractivity contribution in [2.75, 3.05) is 13.1 Å². The van der Waals surface area contributed by atoms with Crippen molar-refractivity contribution in [1.82, 2.24) is 5.32 Å². The fourth-order valence-corrected chi connectivity index (χ4v) is 1.79. The zero-order chi connectivity index (χ0) is 12.6. The van der Waals surface area contributed by atoms with E-state index < -0.39 is 0 Å². The molecule has 0 radical (unpaired) electrons. The van der Waals surface area contributed by atoms with E-state index in [1.54, 1.807) is 6.92 Å². The molecule has 1 aliphatic carbocycles. The molecular formula is C15H29Cl2NTi. The second kappa shape index (κ2) is 16.8. The van der Waals surface area contributed by atoms with Crippen molar-refractivity contribution in [2.24, 2.45) is 5.92 Å². The maximum atomic E-state index is 3.36. The van der Waals surface area contributed by atoms with E-state index >= 15 is 0 Å². The van der Waals surface area contributed by atoms with E-state index in [2.05, 4.69) is 46.0 Å². The second-order valence-corrected chi connectivity index (χ2v) is 4.26. The first-order valence-electron chi connectivity index (χ1n) is 6.32. The monoisotopic (exact) mass is 341 g/mol. The fourth-order valence-electron chi connectivity index (χ4n) is 1.79. The number of allylic oxidation sites excluding steroid dienone is 4. The Kier molecular flexibility index (Phi) is 24.7. The van der Waals surface area contributed by atoms with Crippen LogP contribution in [0.4, 0.5) is 0 Å². The van der Waals surface area contributed by atoms with Gasteiger partial charge in [-0.05, 0) is 25.9 Å². The maximum Gasteiger partial charge on any atom is 2.00 e. The van der Waals surface area contributed by atoms with Crippen LogP contribution in [0.1, 0.15) is 47.5 Å². The molecule has 1 unspecified atom stereocenters. The predicted octanol–water partition coefficient (Wildman–Crippen LogP) is 4.77. The molecule has 0 bridgehead atoms. The summed E-state index contributed by atoms with van der Waals surface area (Å²) >= 11 is 0. The first kappa shape index (κ1) is 28.0. The molecule has 0 saturated carbocycles. The van der Waals surface area contributed by atoms with Gasteiger partial charge in [-0.1, -0.05) is 26.7 Å². The Hall–Kier alpha value is 0.734. The Bertz CT molecular complexity index is 251. The molecule has 112 valence electrons. The summed E-state index contributed by atoms with van der Waals surface area (Å²) in [5.74, 6) is 0.560. The fraction of sp³-hybridized carbons (Fsp3) is 0.667. The maximum absolute atomic E-state index is 3.36. The van der Waals surface area contributed by atoms with Gasteiger partial charge in [0.1, 0.15) is 0 Å². The van der Waals surface area contributed by atoms with Gasteiger partial charge in [0, 0.05) is 0 Å². The van der Waals surface area contributed by atoms with E-state index in [4.69, 9.17) is 0 Å². The molecule has 1 N–H and O–H groups in total. The van der Waals surface area contributed by atoms with Crippen molar-refractivity contribution in [2.45, 2.75) is 47.5 Å². The second-order valence-electron chi connectivity index (χ2n) is 4.26. The Labute approximate surface area is 147 Å². The summed E-state index contributed by atoms with van der Waals surface area (Å²) in [7, 11) is 0. The van der Waals surface area contributed by atoms with Crippen LogP contribution < -0.4 is 5.32 Å². The van der Waals surface area contributed by atoms with Gasteiger partial charge in [0.2, 0.25) is 0 Å². The summed E-state index contributed by atoms with van der Waals surface area (Å²) in [6.45, 7) is 16.2. The van der Waals surface area contributed by atoms with Crippen molar-refractivity contribution >= 4 is 24.8 Å². The van der Waals surface area contributed by atoms with E-state index in [0.717, 1.165) is 0 Å². The van der Waals surface area contributed by atoms with Crippen LogP contribution in [-0.4, -0.2) is 13.1 Å². The van der Waals surface area contributed by atoms with Crippen molar-refractivity contribution in [3.05, 3.63) is 29.7 Å². The Morgan fingerprint density at radius 3 is 1.58 bits per heavy atom. The molecule has 1 atom stereocenters. The van der Waals surface area contributed by atoms with Gasteiger partial charge in [-0.3, -0.25) is 6.08 Å². The van der Waals surface area contributed by atoms with Gasteiger partial charge in [-0.25, -0.2) is 5.57 Å². The van der Waals surface area contributed by atoms with Crippen LogP contribution in [0.2, 0.25) is 0 Å². The summed E-state index contributed by atoms with van der Waals surface area (Å²) in [6.07, 6.45) is 6.14. The van der Waals surface area contributed by atoms with Gasteiger partial charge in [0.05, 0.1) is 0 Å². The van der Waals surface area contributed by atoms with Crippen LogP contribution >= 0.6 is 24.8 Å². The summed E-state index contributed by atoms with van der Waals surface area (Å²) in [4.78, 5) is 0. The first-order chi connectivity index (χ1) is 7.63. The average Bonchev–Trinajstić information content (AvgIpc) is 2.93. The molecule has 0 amide bonds. The zero-order valence-corrected chi connectivity index (χ0v) is 16.1. The molecule has 1 aliphatic heterocycles.